The molecule has 0 fully saturated rings. The number of furan rings is 1. The Morgan fingerprint density at radius 3 is 2.58 bits per heavy atom. The van der Waals surface area contributed by atoms with E-state index in [-0.39, 0.29) is 11.9 Å². The quantitative estimate of drug-likeness (QED) is 0.424. The number of pyridine rings is 2. The van der Waals surface area contributed by atoms with Crippen molar-refractivity contribution in [3.63, 3.8) is 0 Å². The van der Waals surface area contributed by atoms with Crippen molar-refractivity contribution in [1.29, 1.82) is 0 Å². The normalized spacial score (nSPS) is 13.9. The fraction of sp³-hybridized carbons (Fsp3) is 0.208. The van der Waals surface area contributed by atoms with E-state index in [1.54, 1.807) is 35.9 Å². The molecule has 0 radical (unpaired) electrons. The average Bonchev–Trinajstić information content (AvgIpc) is 3.47. The van der Waals surface area contributed by atoms with Crippen molar-refractivity contribution in [2.24, 2.45) is 0 Å². The smallest absolute Gasteiger partial charge is 0.291 e. The molecule has 156 valence electrons. The predicted molar refractivity (Wildman–Crippen MR) is 122 cm³/mol. The number of fused-ring (bicyclic) bond motifs is 1. The average molecular weight is 431 g/mol. The maximum absolute atomic E-state index is 12.8. The van der Waals surface area contributed by atoms with Crippen molar-refractivity contribution in [3.8, 4) is 0 Å². The SMILES string of the molecule is O=C(Nc1sc2c(c1C(Nc1ccccn1)c1ccccn1)CCCC2)c1ccco1. The molecular weight excluding hydrogens is 408 g/mol. The predicted octanol–water partition coefficient (Wildman–Crippen LogP) is 5.46. The molecule has 1 unspecified atom stereocenters. The van der Waals surface area contributed by atoms with Crippen molar-refractivity contribution in [2.45, 2.75) is 31.7 Å². The van der Waals surface area contributed by atoms with Crippen LogP contribution < -0.4 is 10.6 Å². The van der Waals surface area contributed by atoms with Gasteiger partial charge in [-0.2, -0.15) is 0 Å². The van der Waals surface area contributed by atoms with Crippen LogP contribution in [0.1, 0.15) is 51.1 Å². The first-order chi connectivity index (χ1) is 15.3. The number of carbonyl (C=O) groups is 1. The van der Waals surface area contributed by atoms with E-state index in [4.69, 9.17) is 4.42 Å². The molecule has 0 aliphatic heterocycles. The maximum atomic E-state index is 12.8. The molecule has 4 aromatic heterocycles. The molecule has 0 aromatic carbocycles. The monoisotopic (exact) mass is 430 g/mol. The van der Waals surface area contributed by atoms with Gasteiger partial charge in [0, 0.05) is 22.8 Å². The second-order valence-electron chi connectivity index (χ2n) is 7.43. The van der Waals surface area contributed by atoms with Crippen LogP contribution in [0.3, 0.4) is 0 Å². The van der Waals surface area contributed by atoms with E-state index in [1.807, 2.05) is 36.4 Å². The summed E-state index contributed by atoms with van der Waals surface area (Å²) in [6.07, 6.45) is 9.39. The lowest BCUT2D eigenvalue weighted by Crippen LogP contribution is -2.19. The third-order valence-electron chi connectivity index (χ3n) is 5.41. The maximum Gasteiger partial charge on any atom is 0.291 e. The van der Waals surface area contributed by atoms with E-state index >= 15 is 0 Å². The Morgan fingerprint density at radius 2 is 1.84 bits per heavy atom. The number of nitrogens with one attached hydrogen (secondary N) is 2. The standard InChI is InChI=1S/C24H22N4O2S/c29-23(18-10-7-15-30-18)28-24-21(16-8-1-2-11-19(16)31-24)22(17-9-3-5-13-25-17)27-20-12-4-6-14-26-20/h3-7,9-10,12-15,22H,1-2,8,11H2,(H,26,27)(H,28,29). The van der Waals surface area contributed by atoms with Gasteiger partial charge in [0.05, 0.1) is 18.0 Å². The molecule has 1 atom stereocenters. The molecule has 31 heavy (non-hydrogen) atoms. The minimum Gasteiger partial charge on any atom is -0.459 e. The molecule has 0 spiro atoms. The highest BCUT2D eigenvalue weighted by molar-refractivity contribution is 7.16. The van der Waals surface area contributed by atoms with E-state index in [0.29, 0.717) is 5.76 Å². The minimum atomic E-state index is -0.248. The molecule has 1 aliphatic rings. The zero-order chi connectivity index (χ0) is 21.0. The Hall–Kier alpha value is -3.45. The lowest BCUT2D eigenvalue weighted by molar-refractivity contribution is 0.0997. The first-order valence-electron chi connectivity index (χ1n) is 10.4. The van der Waals surface area contributed by atoms with Crippen LogP contribution >= 0.6 is 11.3 Å². The largest absolute Gasteiger partial charge is 0.459 e. The minimum absolute atomic E-state index is 0.235. The van der Waals surface area contributed by atoms with Crippen molar-refractivity contribution < 1.29 is 9.21 Å². The molecule has 4 aromatic rings. The van der Waals surface area contributed by atoms with Gasteiger partial charge in [-0.25, -0.2) is 4.98 Å². The summed E-state index contributed by atoms with van der Waals surface area (Å²) in [6, 6.07) is 14.8. The molecule has 0 saturated heterocycles. The van der Waals surface area contributed by atoms with Gasteiger partial charge in [0.15, 0.2) is 5.76 Å². The second kappa shape index (κ2) is 8.73. The number of rotatable bonds is 6. The van der Waals surface area contributed by atoms with Crippen molar-refractivity contribution >= 4 is 28.1 Å². The zero-order valence-corrected chi connectivity index (χ0v) is 17.7. The molecule has 2 N–H and O–H groups in total. The summed E-state index contributed by atoms with van der Waals surface area (Å²) in [4.78, 5) is 23.2. The number of amides is 1. The Balaban J connectivity index is 1.60. The van der Waals surface area contributed by atoms with Crippen LogP contribution in [0.2, 0.25) is 0 Å². The van der Waals surface area contributed by atoms with Gasteiger partial charge < -0.3 is 15.1 Å². The van der Waals surface area contributed by atoms with Gasteiger partial charge >= 0.3 is 0 Å². The van der Waals surface area contributed by atoms with Gasteiger partial charge in [0.2, 0.25) is 0 Å². The van der Waals surface area contributed by atoms with Crippen molar-refractivity contribution in [3.05, 3.63) is 94.6 Å². The highest BCUT2D eigenvalue weighted by atomic mass is 32.1. The first kappa shape index (κ1) is 19.5. The van der Waals surface area contributed by atoms with Crippen molar-refractivity contribution in [1.82, 2.24) is 9.97 Å². The van der Waals surface area contributed by atoms with Crippen LogP contribution in [0.25, 0.3) is 0 Å². The lowest BCUT2D eigenvalue weighted by Gasteiger charge is -2.23. The van der Waals surface area contributed by atoms with E-state index in [9.17, 15) is 4.79 Å². The van der Waals surface area contributed by atoms with Gasteiger partial charge in [0.1, 0.15) is 10.8 Å². The summed E-state index contributed by atoms with van der Waals surface area (Å²) < 4.78 is 5.30. The number of aryl methyl sites for hydroxylation is 1. The first-order valence-corrected chi connectivity index (χ1v) is 11.2. The zero-order valence-electron chi connectivity index (χ0n) is 16.9. The highest BCUT2D eigenvalue weighted by Gasteiger charge is 2.29. The van der Waals surface area contributed by atoms with E-state index in [1.165, 1.54) is 23.1 Å². The molecule has 4 heterocycles. The number of aromatic nitrogens is 2. The number of hydrogen-bond donors (Lipinski definition) is 2. The second-order valence-corrected chi connectivity index (χ2v) is 8.54. The van der Waals surface area contributed by atoms with Crippen LogP contribution in [0, 0.1) is 0 Å². The fourth-order valence-electron chi connectivity index (χ4n) is 4.00. The van der Waals surface area contributed by atoms with E-state index < -0.39 is 0 Å². The number of carbonyl (C=O) groups excluding carboxylic acids is 1. The van der Waals surface area contributed by atoms with E-state index in [0.717, 1.165) is 41.3 Å². The summed E-state index contributed by atoms with van der Waals surface area (Å²) in [5, 5.41) is 7.50. The lowest BCUT2D eigenvalue weighted by atomic mass is 9.91. The summed E-state index contributed by atoms with van der Waals surface area (Å²) in [6.45, 7) is 0. The Kier molecular flexibility index (Phi) is 5.50. The Labute approximate surface area is 184 Å². The number of nitrogens with zero attached hydrogens (tertiary/aromatic N) is 2. The number of hydrogen-bond acceptors (Lipinski definition) is 6. The Bertz CT molecular complexity index is 1160. The molecular formula is C24H22N4O2S. The Morgan fingerprint density at radius 1 is 1.00 bits per heavy atom. The summed E-state index contributed by atoms with van der Waals surface area (Å²) in [7, 11) is 0. The van der Waals surface area contributed by atoms with Crippen LogP contribution in [0.15, 0.2) is 71.6 Å². The van der Waals surface area contributed by atoms with Gasteiger partial charge in [-0.05, 0) is 67.6 Å². The topological polar surface area (TPSA) is 80.0 Å². The van der Waals surface area contributed by atoms with Gasteiger partial charge in [-0.15, -0.1) is 11.3 Å². The number of anilines is 2. The molecule has 0 saturated carbocycles. The molecule has 0 bridgehead atoms. The summed E-state index contributed by atoms with van der Waals surface area (Å²) >= 11 is 1.66. The summed E-state index contributed by atoms with van der Waals surface area (Å²) in [5.41, 5.74) is 3.27. The van der Waals surface area contributed by atoms with Crippen LogP contribution in [0.5, 0.6) is 0 Å². The van der Waals surface area contributed by atoms with Gasteiger partial charge in [0.25, 0.3) is 5.91 Å². The molecule has 5 rings (SSSR count). The molecule has 6 nitrogen and oxygen atoms in total. The molecule has 1 amide bonds. The third kappa shape index (κ3) is 4.09. The number of thiophene rings is 1. The van der Waals surface area contributed by atoms with Crippen LogP contribution in [0.4, 0.5) is 10.8 Å². The molecule has 1 aliphatic carbocycles. The highest BCUT2D eigenvalue weighted by Crippen LogP contribution is 2.44. The third-order valence-corrected chi connectivity index (χ3v) is 6.64. The van der Waals surface area contributed by atoms with Crippen molar-refractivity contribution in [2.75, 3.05) is 10.6 Å². The van der Waals surface area contributed by atoms with Crippen LogP contribution in [-0.4, -0.2) is 15.9 Å². The van der Waals surface area contributed by atoms with Gasteiger partial charge in [-0.3, -0.25) is 9.78 Å². The van der Waals surface area contributed by atoms with Gasteiger partial charge in [-0.1, -0.05) is 12.1 Å². The van der Waals surface area contributed by atoms with E-state index in [2.05, 4.69) is 20.6 Å². The molecule has 7 heteroatoms. The summed E-state index contributed by atoms with van der Waals surface area (Å²) in [5.74, 6) is 0.809. The fourth-order valence-corrected chi connectivity index (χ4v) is 5.32. The van der Waals surface area contributed by atoms with Crippen LogP contribution in [-0.2, 0) is 12.8 Å².